The van der Waals surface area contributed by atoms with E-state index in [1.165, 1.54) is 0 Å². The maximum absolute atomic E-state index is 5.65. The van der Waals surface area contributed by atoms with Gasteiger partial charge in [-0.3, -0.25) is 0 Å². The standard InChI is InChI=1S/C8H11NO2.C3H8N2.C2H6/c1-10-6-4-3-5-7(11-2)8(6)9;1-4-5(2)3;1-2/h3-5H,9H2,1-2H3;1H2,2-3H3;1-2H3. The zero-order valence-corrected chi connectivity index (χ0v) is 12.2. The van der Waals surface area contributed by atoms with E-state index in [0.717, 1.165) is 0 Å². The van der Waals surface area contributed by atoms with Crippen LogP contribution in [0.15, 0.2) is 23.3 Å². The molecule has 0 aliphatic carbocycles. The second-order valence-corrected chi connectivity index (χ2v) is 3.06. The number of nitrogen functional groups attached to an aromatic ring is 1. The number of methoxy groups -OCH3 is 2. The second-order valence-electron chi connectivity index (χ2n) is 3.06. The molecule has 0 heterocycles. The Bertz CT molecular complexity index is 306. The van der Waals surface area contributed by atoms with E-state index < -0.39 is 0 Å². The van der Waals surface area contributed by atoms with Crippen molar-refractivity contribution in [1.29, 1.82) is 0 Å². The summed E-state index contributed by atoms with van der Waals surface area (Å²) in [6, 6.07) is 5.41. The van der Waals surface area contributed by atoms with Crippen molar-refractivity contribution in [2.24, 2.45) is 5.10 Å². The molecule has 1 aromatic carbocycles. The molecule has 0 spiro atoms. The van der Waals surface area contributed by atoms with Crippen LogP contribution in [0.4, 0.5) is 5.69 Å². The number of ether oxygens (including phenoxy) is 2. The van der Waals surface area contributed by atoms with Crippen molar-refractivity contribution in [2.45, 2.75) is 13.8 Å². The third kappa shape index (κ3) is 7.38. The Balaban J connectivity index is 0. The number of rotatable bonds is 3. The van der Waals surface area contributed by atoms with Crippen LogP contribution in [-0.2, 0) is 0 Å². The van der Waals surface area contributed by atoms with E-state index >= 15 is 0 Å². The summed E-state index contributed by atoms with van der Waals surface area (Å²) in [5.41, 5.74) is 6.19. The highest BCUT2D eigenvalue weighted by molar-refractivity contribution is 5.62. The molecule has 0 radical (unpaired) electrons. The van der Waals surface area contributed by atoms with E-state index in [1.54, 1.807) is 31.4 Å². The first-order valence-corrected chi connectivity index (χ1v) is 5.67. The first-order valence-electron chi connectivity index (χ1n) is 5.67. The molecule has 5 nitrogen and oxygen atoms in total. The molecule has 0 saturated carbocycles. The zero-order chi connectivity index (χ0) is 14.6. The molecule has 2 N–H and O–H groups in total. The van der Waals surface area contributed by atoms with Gasteiger partial charge in [-0.2, -0.15) is 5.10 Å². The predicted octanol–water partition coefficient (Wildman–Crippen LogP) is 2.48. The number of nitrogens with two attached hydrogens (primary N) is 1. The van der Waals surface area contributed by atoms with Crippen LogP contribution in [0.25, 0.3) is 0 Å². The number of nitrogens with zero attached hydrogens (tertiary/aromatic N) is 2. The zero-order valence-electron chi connectivity index (χ0n) is 12.2. The van der Waals surface area contributed by atoms with Gasteiger partial charge in [-0.25, -0.2) is 0 Å². The SMILES string of the molecule is C=NN(C)C.CC.COc1cccc(OC)c1N. The van der Waals surface area contributed by atoms with Crippen molar-refractivity contribution in [3.8, 4) is 11.5 Å². The summed E-state index contributed by atoms with van der Waals surface area (Å²) in [7, 11) is 6.80. The normalized spacial score (nSPS) is 7.89. The van der Waals surface area contributed by atoms with Crippen molar-refractivity contribution in [1.82, 2.24) is 5.01 Å². The van der Waals surface area contributed by atoms with Gasteiger partial charge in [-0.1, -0.05) is 19.9 Å². The maximum atomic E-state index is 5.65. The average Bonchev–Trinajstić information content (AvgIpc) is 2.42. The lowest BCUT2D eigenvalue weighted by atomic mass is 10.3. The number of anilines is 1. The Morgan fingerprint density at radius 2 is 1.44 bits per heavy atom. The summed E-state index contributed by atoms with van der Waals surface area (Å²) >= 11 is 0. The Hall–Kier alpha value is -1.91. The molecule has 1 rings (SSSR count). The van der Waals surface area contributed by atoms with E-state index in [1.807, 2.05) is 34.0 Å². The summed E-state index contributed by atoms with van der Waals surface area (Å²) in [6.07, 6.45) is 0. The molecular formula is C13H25N3O2. The van der Waals surface area contributed by atoms with Crippen LogP contribution in [0.5, 0.6) is 11.5 Å². The molecule has 0 aliphatic heterocycles. The first kappa shape index (κ1) is 18.5. The third-order valence-electron chi connectivity index (χ3n) is 1.75. The van der Waals surface area contributed by atoms with E-state index in [4.69, 9.17) is 15.2 Å². The van der Waals surface area contributed by atoms with Crippen LogP contribution < -0.4 is 15.2 Å². The fourth-order valence-corrected chi connectivity index (χ4v) is 0.880. The molecular weight excluding hydrogens is 230 g/mol. The largest absolute Gasteiger partial charge is 0.494 e. The Labute approximate surface area is 110 Å². The van der Waals surface area contributed by atoms with Crippen LogP contribution in [0.3, 0.4) is 0 Å². The van der Waals surface area contributed by atoms with Crippen LogP contribution >= 0.6 is 0 Å². The summed E-state index contributed by atoms with van der Waals surface area (Å²) in [6.45, 7) is 7.24. The fourth-order valence-electron chi connectivity index (χ4n) is 0.880. The van der Waals surface area contributed by atoms with Crippen molar-refractivity contribution in [3.05, 3.63) is 18.2 Å². The summed E-state index contributed by atoms with van der Waals surface area (Å²) in [5, 5.41) is 5.11. The van der Waals surface area contributed by atoms with Crippen LogP contribution in [0.2, 0.25) is 0 Å². The van der Waals surface area contributed by atoms with E-state index in [9.17, 15) is 0 Å². The molecule has 1 aromatic rings. The highest BCUT2D eigenvalue weighted by Gasteiger charge is 2.03. The lowest BCUT2D eigenvalue weighted by Crippen LogP contribution is -1.98. The molecule has 0 bridgehead atoms. The predicted molar refractivity (Wildman–Crippen MR) is 78.5 cm³/mol. The van der Waals surface area contributed by atoms with E-state index in [-0.39, 0.29) is 0 Å². The molecule has 5 heteroatoms. The van der Waals surface area contributed by atoms with Gasteiger partial charge in [0.25, 0.3) is 0 Å². The van der Waals surface area contributed by atoms with Crippen molar-refractivity contribution in [3.63, 3.8) is 0 Å². The van der Waals surface area contributed by atoms with Gasteiger partial charge in [0.1, 0.15) is 17.2 Å². The van der Waals surface area contributed by atoms with Crippen molar-refractivity contribution < 1.29 is 9.47 Å². The molecule has 0 fully saturated rings. The molecule has 0 aliphatic rings. The van der Waals surface area contributed by atoms with Crippen LogP contribution in [0, 0.1) is 0 Å². The van der Waals surface area contributed by atoms with Gasteiger partial charge in [-0.15, -0.1) is 0 Å². The Morgan fingerprint density at radius 1 is 1.11 bits per heavy atom. The number of hydrogen-bond donors (Lipinski definition) is 1. The molecule has 104 valence electrons. The topological polar surface area (TPSA) is 60.1 Å². The van der Waals surface area contributed by atoms with Gasteiger partial charge in [0, 0.05) is 20.8 Å². The fraction of sp³-hybridized carbons (Fsp3) is 0.462. The second kappa shape index (κ2) is 11.6. The Kier molecular flexibility index (Phi) is 11.9. The minimum Gasteiger partial charge on any atom is -0.494 e. The van der Waals surface area contributed by atoms with Gasteiger partial charge < -0.3 is 20.2 Å². The monoisotopic (exact) mass is 255 g/mol. The first-order chi connectivity index (χ1) is 8.56. The van der Waals surface area contributed by atoms with E-state index in [2.05, 4.69) is 11.8 Å². The van der Waals surface area contributed by atoms with Crippen molar-refractivity contribution in [2.75, 3.05) is 34.0 Å². The van der Waals surface area contributed by atoms with Gasteiger partial charge >= 0.3 is 0 Å². The molecule has 0 amide bonds. The van der Waals surface area contributed by atoms with Crippen LogP contribution in [0.1, 0.15) is 13.8 Å². The van der Waals surface area contributed by atoms with Gasteiger partial charge in [0.05, 0.1) is 14.2 Å². The number of hydrazone groups is 1. The van der Waals surface area contributed by atoms with Crippen LogP contribution in [-0.4, -0.2) is 40.0 Å². The minimum absolute atomic E-state index is 0.539. The minimum atomic E-state index is 0.539. The number of hydrogen-bond acceptors (Lipinski definition) is 5. The summed E-state index contributed by atoms with van der Waals surface area (Å²) in [4.78, 5) is 0. The third-order valence-corrected chi connectivity index (χ3v) is 1.75. The lowest BCUT2D eigenvalue weighted by molar-refractivity contribution is 0.398. The van der Waals surface area contributed by atoms with Crippen molar-refractivity contribution >= 4 is 12.4 Å². The molecule has 18 heavy (non-hydrogen) atoms. The highest BCUT2D eigenvalue weighted by Crippen LogP contribution is 2.30. The van der Waals surface area contributed by atoms with Gasteiger partial charge in [0.2, 0.25) is 0 Å². The van der Waals surface area contributed by atoms with Gasteiger partial charge in [0.15, 0.2) is 0 Å². The quantitative estimate of drug-likeness (QED) is 0.512. The molecule has 0 aromatic heterocycles. The Morgan fingerprint density at radius 3 is 1.67 bits per heavy atom. The summed E-state index contributed by atoms with van der Waals surface area (Å²) < 4.78 is 9.96. The maximum Gasteiger partial charge on any atom is 0.145 e. The molecule has 0 saturated heterocycles. The summed E-state index contributed by atoms with van der Waals surface area (Å²) in [5.74, 6) is 1.29. The lowest BCUT2D eigenvalue weighted by Gasteiger charge is -2.07. The average molecular weight is 255 g/mol. The highest BCUT2D eigenvalue weighted by atomic mass is 16.5. The number of para-hydroxylation sites is 1. The number of benzene rings is 1. The smallest absolute Gasteiger partial charge is 0.145 e. The van der Waals surface area contributed by atoms with Gasteiger partial charge in [-0.05, 0) is 12.1 Å². The molecule has 0 atom stereocenters. The molecule has 0 unspecified atom stereocenters. The van der Waals surface area contributed by atoms with E-state index in [0.29, 0.717) is 17.2 Å².